The van der Waals surface area contributed by atoms with Gasteiger partial charge in [0.25, 0.3) is 0 Å². The summed E-state index contributed by atoms with van der Waals surface area (Å²) in [5, 5.41) is 20.5. The molecule has 0 aliphatic carbocycles. The number of para-hydroxylation sites is 1. The zero-order valence-corrected chi connectivity index (χ0v) is 15.9. The third-order valence-corrected chi connectivity index (χ3v) is 4.86. The van der Waals surface area contributed by atoms with Crippen LogP contribution in [0.5, 0.6) is 0 Å². The highest BCUT2D eigenvalue weighted by atomic mass is 35.5. The summed E-state index contributed by atoms with van der Waals surface area (Å²) < 4.78 is 1.69. The minimum atomic E-state index is -0.434. The number of hydrogen-bond donors (Lipinski definition) is 1. The number of anilines is 1. The number of halogens is 1. The van der Waals surface area contributed by atoms with Gasteiger partial charge in [-0.15, -0.1) is 0 Å². The summed E-state index contributed by atoms with van der Waals surface area (Å²) in [6.07, 6.45) is 0. The van der Waals surface area contributed by atoms with Crippen molar-refractivity contribution in [1.82, 2.24) is 14.8 Å². The van der Waals surface area contributed by atoms with Gasteiger partial charge < -0.3 is 5.32 Å². The molecule has 1 N–H and O–H groups in total. The summed E-state index contributed by atoms with van der Waals surface area (Å²) >= 11 is 6.42. The van der Waals surface area contributed by atoms with Crippen molar-refractivity contribution < 1.29 is 4.92 Å². The van der Waals surface area contributed by atoms with Gasteiger partial charge in [-0.3, -0.25) is 10.1 Å². The molecular weight excluding hydrogens is 378 g/mol. The van der Waals surface area contributed by atoms with Gasteiger partial charge in [-0.05, 0) is 25.1 Å². The molecule has 0 saturated carbocycles. The van der Waals surface area contributed by atoms with Crippen LogP contribution >= 0.6 is 11.6 Å². The fraction of sp³-hybridized carbons (Fsp3) is 0.100. The van der Waals surface area contributed by atoms with E-state index in [1.54, 1.807) is 36.0 Å². The van der Waals surface area contributed by atoms with Gasteiger partial charge in [-0.1, -0.05) is 48.0 Å². The Balaban J connectivity index is 2.20. The smallest absolute Gasteiger partial charge is 0.319 e. The van der Waals surface area contributed by atoms with Crippen LogP contribution in [0.25, 0.3) is 27.8 Å². The Labute approximate surface area is 165 Å². The Hall–Kier alpha value is -3.45. The van der Waals surface area contributed by atoms with E-state index in [4.69, 9.17) is 11.6 Å². The normalized spacial score (nSPS) is 11.0. The SMILES string of the molecule is CNc1nc2c(c(C)nn2-c2ccccc2)c(-c2ccccc2Cl)c1[N+](=O)[O-]. The van der Waals surface area contributed by atoms with E-state index in [9.17, 15) is 10.1 Å². The molecule has 4 aromatic rings. The first-order valence-corrected chi connectivity index (χ1v) is 8.96. The molecule has 0 fully saturated rings. The van der Waals surface area contributed by atoms with Crippen molar-refractivity contribution >= 4 is 34.1 Å². The number of rotatable bonds is 4. The fourth-order valence-corrected chi connectivity index (χ4v) is 3.56. The Kier molecular flexibility index (Phi) is 4.44. The highest BCUT2D eigenvalue weighted by molar-refractivity contribution is 6.34. The van der Waals surface area contributed by atoms with Gasteiger partial charge in [0.1, 0.15) is 0 Å². The Morgan fingerprint density at radius 1 is 1.11 bits per heavy atom. The summed E-state index contributed by atoms with van der Waals surface area (Å²) in [5.74, 6) is 0.157. The lowest BCUT2D eigenvalue weighted by Crippen LogP contribution is -2.05. The second-order valence-electron chi connectivity index (χ2n) is 6.20. The fourth-order valence-electron chi connectivity index (χ4n) is 3.33. The summed E-state index contributed by atoms with van der Waals surface area (Å²) in [6, 6.07) is 16.6. The third kappa shape index (κ3) is 2.76. The van der Waals surface area contributed by atoms with Crippen LogP contribution in [-0.4, -0.2) is 26.7 Å². The highest BCUT2D eigenvalue weighted by Gasteiger charge is 2.30. The van der Waals surface area contributed by atoms with Crippen molar-refractivity contribution in [3.8, 4) is 16.8 Å². The van der Waals surface area contributed by atoms with Crippen LogP contribution in [0, 0.1) is 17.0 Å². The molecule has 2 heterocycles. The van der Waals surface area contributed by atoms with E-state index < -0.39 is 4.92 Å². The maximum absolute atomic E-state index is 12.0. The topological polar surface area (TPSA) is 85.9 Å². The first-order chi connectivity index (χ1) is 13.5. The number of fused-ring (bicyclic) bond motifs is 1. The van der Waals surface area contributed by atoms with Gasteiger partial charge in [0.2, 0.25) is 5.82 Å². The molecule has 0 spiro atoms. The summed E-state index contributed by atoms with van der Waals surface area (Å²) in [7, 11) is 1.60. The van der Waals surface area contributed by atoms with Crippen LogP contribution in [0.1, 0.15) is 5.69 Å². The molecule has 4 rings (SSSR count). The second-order valence-corrected chi connectivity index (χ2v) is 6.61. The van der Waals surface area contributed by atoms with Crippen LogP contribution in [0.2, 0.25) is 5.02 Å². The first kappa shape index (κ1) is 17.9. The molecule has 28 heavy (non-hydrogen) atoms. The zero-order chi connectivity index (χ0) is 19.8. The maximum atomic E-state index is 12.0. The number of nitro groups is 1. The quantitative estimate of drug-likeness (QED) is 0.389. The summed E-state index contributed by atoms with van der Waals surface area (Å²) in [6.45, 7) is 1.81. The van der Waals surface area contributed by atoms with Crippen LogP contribution in [-0.2, 0) is 0 Å². The lowest BCUT2D eigenvalue weighted by atomic mass is 10.00. The number of nitrogens with zero attached hydrogens (tertiary/aromatic N) is 4. The number of benzene rings is 2. The highest BCUT2D eigenvalue weighted by Crippen LogP contribution is 2.44. The predicted octanol–water partition coefficient (Wildman–Crippen LogP) is 5.00. The predicted molar refractivity (Wildman–Crippen MR) is 110 cm³/mol. The zero-order valence-electron chi connectivity index (χ0n) is 15.2. The van der Waals surface area contributed by atoms with Gasteiger partial charge in [0.15, 0.2) is 5.65 Å². The Bertz CT molecular complexity index is 1200. The maximum Gasteiger partial charge on any atom is 0.319 e. The van der Waals surface area contributed by atoms with E-state index in [1.165, 1.54) is 0 Å². The molecule has 0 amide bonds. The molecule has 7 nitrogen and oxygen atoms in total. The molecule has 2 aromatic carbocycles. The Morgan fingerprint density at radius 2 is 1.79 bits per heavy atom. The van der Waals surface area contributed by atoms with E-state index >= 15 is 0 Å². The number of aromatic nitrogens is 3. The number of hydrogen-bond acceptors (Lipinski definition) is 5. The summed E-state index contributed by atoms with van der Waals surface area (Å²) in [4.78, 5) is 16.1. The van der Waals surface area contributed by atoms with E-state index in [0.29, 0.717) is 32.9 Å². The number of pyridine rings is 1. The molecular formula is C20H16ClN5O2. The standard InChI is InChI=1S/C20H16ClN5O2/c1-12-16-17(14-10-6-7-11-15(14)21)18(26(27)28)19(22-2)23-20(16)25(24-12)13-8-4-3-5-9-13/h3-11H,1-2H3,(H,22,23). The van der Waals surface area contributed by atoms with E-state index in [2.05, 4.69) is 15.4 Å². The minimum absolute atomic E-state index is 0.126. The monoisotopic (exact) mass is 393 g/mol. The molecule has 0 bridgehead atoms. The van der Waals surface area contributed by atoms with Gasteiger partial charge in [-0.2, -0.15) is 5.10 Å². The largest absolute Gasteiger partial charge is 0.367 e. The average molecular weight is 394 g/mol. The van der Waals surface area contributed by atoms with Crippen LogP contribution in [0.4, 0.5) is 11.5 Å². The number of aryl methyl sites for hydroxylation is 1. The summed E-state index contributed by atoms with van der Waals surface area (Å²) in [5.41, 5.74) is 2.81. The van der Waals surface area contributed by atoms with Gasteiger partial charge in [-0.25, -0.2) is 9.67 Å². The lowest BCUT2D eigenvalue weighted by molar-refractivity contribution is -0.383. The van der Waals surface area contributed by atoms with Crippen molar-refractivity contribution in [2.45, 2.75) is 6.92 Å². The van der Waals surface area contributed by atoms with E-state index in [1.807, 2.05) is 37.3 Å². The molecule has 0 aliphatic rings. The molecule has 8 heteroatoms. The van der Waals surface area contributed by atoms with Gasteiger partial charge in [0.05, 0.1) is 27.3 Å². The second kappa shape index (κ2) is 6.94. The minimum Gasteiger partial charge on any atom is -0.367 e. The first-order valence-electron chi connectivity index (χ1n) is 8.58. The van der Waals surface area contributed by atoms with Crippen molar-refractivity contribution in [3.63, 3.8) is 0 Å². The van der Waals surface area contributed by atoms with Crippen molar-refractivity contribution in [2.24, 2.45) is 0 Å². The van der Waals surface area contributed by atoms with Crippen molar-refractivity contribution in [3.05, 3.63) is 75.4 Å². The van der Waals surface area contributed by atoms with Gasteiger partial charge >= 0.3 is 5.69 Å². The Morgan fingerprint density at radius 3 is 2.43 bits per heavy atom. The van der Waals surface area contributed by atoms with Crippen LogP contribution in [0.3, 0.4) is 0 Å². The number of nitrogens with one attached hydrogen (secondary N) is 1. The van der Waals surface area contributed by atoms with Crippen molar-refractivity contribution in [1.29, 1.82) is 0 Å². The van der Waals surface area contributed by atoms with Gasteiger partial charge in [0, 0.05) is 17.6 Å². The molecule has 0 unspecified atom stereocenters. The molecule has 0 atom stereocenters. The van der Waals surface area contributed by atoms with E-state index in [-0.39, 0.29) is 11.5 Å². The van der Waals surface area contributed by atoms with Crippen LogP contribution in [0.15, 0.2) is 54.6 Å². The molecule has 0 saturated heterocycles. The molecule has 0 radical (unpaired) electrons. The molecule has 2 aromatic heterocycles. The molecule has 0 aliphatic heterocycles. The third-order valence-electron chi connectivity index (χ3n) is 4.53. The van der Waals surface area contributed by atoms with Crippen molar-refractivity contribution in [2.75, 3.05) is 12.4 Å². The molecule has 140 valence electrons. The lowest BCUT2D eigenvalue weighted by Gasteiger charge is -2.11. The van der Waals surface area contributed by atoms with Crippen LogP contribution < -0.4 is 5.32 Å². The van der Waals surface area contributed by atoms with E-state index in [0.717, 1.165) is 5.69 Å². The average Bonchev–Trinajstić information content (AvgIpc) is 3.04.